The number of rotatable bonds is 6. The van der Waals surface area contributed by atoms with Gasteiger partial charge in [-0.05, 0) is 44.3 Å². The molecule has 0 aromatic heterocycles. The number of carbonyl (C=O) groups is 1. The highest BCUT2D eigenvalue weighted by atomic mass is 16.5. The average Bonchev–Trinajstić information content (AvgIpc) is 3.03. The van der Waals surface area contributed by atoms with Crippen LogP contribution in [0, 0.1) is 0 Å². The van der Waals surface area contributed by atoms with Crippen LogP contribution < -0.4 is 0 Å². The summed E-state index contributed by atoms with van der Waals surface area (Å²) < 4.78 is 5.60. The highest BCUT2D eigenvalue weighted by Gasteiger charge is 2.36. The Labute approximate surface area is 150 Å². The third-order valence-corrected chi connectivity index (χ3v) is 5.13. The molecule has 2 saturated heterocycles. The molecule has 3 rings (SSSR count). The fourth-order valence-electron chi connectivity index (χ4n) is 3.83. The lowest BCUT2D eigenvalue weighted by Gasteiger charge is -2.34. The Morgan fingerprint density at radius 3 is 2.68 bits per heavy atom. The van der Waals surface area contributed by atoms with E-state index in [1.54, 1.807) is 4.90 Å². The van der Waals surface area contributed by atoms with E-state index in [4.69, 9.17) is 4.74 Å². The topological polar surface area (TPSA) is 53.0 Å². The maximum absolute atomic E-state index is 12.6. The van der Waals surface area contributed by atoms with Crippen molar-refractivity contribution in [3.05, 3.63) is 35.9 Å². The van der Waals surface area contributed by atoms with E-state index in [2.05, 4.69) is 17.0 Å². The summed E-state index contributed by atoms with van der Waals surface area (Å²) >= 11 is 0. The molecule has 2 fully saturated rings. The molecule has 1 amide bonds. The SMILES string of the molecule is O=C(CCCc1ccccc1)N1CCOCC(O)(CN2CCCC2)C1. The van der Waals surface area contributed by atoms with E-state index in [-0.39, 0.29) is 5.91 Å². The van der Waals surface area contributed by atoms with Crippen molar-refractivity contribution in [1.82, 2.24) is 9.80 Å². The Morgan fingerprint density at radius 1 is 1.16 bits per heavy atom. The van der Waals surface area contributed by atoms with Crippen LogP contribution in [0.5, 0.6) is 0 Å². The summed E-state index contributed by atoms with van der Waals surface area (Å²) in [5, 5.41) is 11.0. The van der Waals surface area contributed by atoms with Gasteiger partial charge < -0.3 is 19.6 Å². The maximum atomic E-state index is 12.6. The van der Waals surface area contributed by atoms with Crippen molar-refractivity contribution in [3.63, 3.8) is 0 Å². The number of aryl methyl sites for hydroxylation is 1. The van der Waals surface area contributed by atoms with Crippen molar-refractivity contribution in [2.75, 3.05) is 45.9 Å². The smallest absolute Gasteiger partial charge is 0.222 e. The molecule has 2 aliphatic heterocycles. The molecule has 1 unspecified atom stereocenters. The van der Waals surface area contributed by atoms with Crippen molar-refractivity contribution < 1.29 is 14.6 Å². The monoisotopic (exact) mass is 346 g/mol. The first-order valence-electron chi connectivity index (χ1n) is 9.49. The molecule has 0 bridgehead atoms. The Bertz CT molecular complexity index is 545. The number of nitrogens with zero attached hydrogens (tertiary/aromatic N) is 2. The van der Waals surface area contributed by atoms with Gasteiger partial charge in [0.25, 0.3) is 0 Å². The number of β-amino-alcohol motifs (C(OH)–C–C–N with tert-alkyl or cyclic N) is 1. The number of carbonyl (C=O) groups excluding carboxylic acids is 1. The Morgan fingerprint density at radius 2 is 1.92 bits per heavy atom. The molecule has 2 aliphatic rings. The van der Waals surface area contributed by atoms with Crippen molar-refractivity contribution in [2.45, 2.75) is 37.7 Å². The second kappa shape index (κ2) is 8.79. The molecule has 0 saturated carbocycles. The Kier molecular flexibility index (Phi) is 6.45. The Hall–Kier alpha value is -1.43. The van der Waals surface area contributed by atoms with E-state index >= 15 is 0 Å². The minimum Gasteiger partial charge on any atom is -0.384 e. The fraction of sp³-hybridized carbons (Fsp3) is 0.650. The second-order valence-corrected chi connectivity index (χ2v) is 7.41. The van der Waals surface area contributed by atoms with Crippen LogP contribution in [0.15, 0.2) is 30.3 Å². The summed E-state index contributed by atoms with van der Waals surface area (Å²) in [5.74, 6) is 0.126. The molecule has 5 heteroatoms. The molecule has 0 spiro atoms. The summed E-state index contributed by atoms with van der Waals surface area (Å²) in [5.41, 5.74) is 0.315. The molecule has 138 valence electrons. The summed E-state index contributed by atoms with van der Waals surface area (Å²) in [6.07, 6.45) is 4.66. The number of hydrogen-bond donors (Lipinski definition) is 1. The predicted molar refractivity (Wildman–Crippen MR) is 97.4 cm³/mol. The summed E-state index contributed by atoms with van der Waals surface area (Å²) in [4.78, 5) is 16.7. The quantitative estimate of drug-likeness (QED) is 0.852. The van der Waals surface area contributed by atoms with Gasteiger partial charge in [0.1, 0.15) is 5.60 Å². The number of likely N-dealkylation sites (tertiary alicyclic amines) is 1. The number of amides is 1. The van der Waals surface area contributed by atoms with Crippen LogP contribution in [-0.4, -0.2) is 72.4 Å². The van der Waals surface area contributed by atoms with Crippen molar-refractivity contribution in [1.29, 1.82) is 0 Å². The van der Waals surface area contributed by atoms with E-state index in [0.29, 0.717) is 39.3 Å². The third-order valence-electron chi connectivity index (χ3n) is 5.13. The van der Waals surface area contributed by atoms with E-state index in [1.807, 2.05) is 18.2 Å². The minimum atomic E-state index is -0.948. The van der Waals surface area contributed by atoms with Crippen molar-refractivity contribution in [2.24, 2.45) is 0 Å². The van der Waals surface area contributed by atoms with E-state index in [0.717, 1.165) is 25.9 Å². The molecule has 0 aliphatic carbocycles. The number of aliphatic hydroxyl groups is 1. The largest absolute Gasteiger partial charge is 0.384 e. The molecule has 0 radical (unpaired) electrons. The predicted octanol–water partition coefficient (Wildman–Crippen LogP) is 1.70. The first-order chi connectivity index (χ1) is 12.1. The van der Waals surface area contributed by atoms with Crippen molar-refractivity contribution in [3.8, 4) is 0 Å². The van der Waals surface area contributed by atoms with Gasteiger partial charge in [-0.3, -0.25) is 4.79 Å². The van der Waals surface area contributed by atoms with E-state index < -0.39 is 5.60 Å². The van der Waals surface area contributed by atoms with Gasteiger partial charge in [-0.2, -0.15) is 0 Å². The summed E-state index contributed by atoms with van der Waals surface area (Å²) in [6, 6.07) is 10.3. The van der Waals surface area contributed by atoms with Gasteiger partial charge in [0, 0.05) is 19.5 Å². The zero-order valence-corrected chi connectivity index (χ0v) is 15.0. The minimum absolute atomic E-state index is 0.126. The van der Waals surface area contributed by atoms with Gasteiger partial charge in [0.15, 0.2) is 0 Å². The molecular formula is C20H30N2O3. The lowest BCUT2D eigenvalue weighted by atomic mass is 10.0. The molecule has 1 N–H and O–H groups in total. The second-order valence-electron chi connectivity index (χ2n) is 7.41. The highest BCUT2D eigenvalue weighted by molar-refractivity contribution is 5.76. The lowest BCUT2D eigenvalue weighted by molar-refractivity contribution is -0.134. The molecular weight excluding hydrogens is 316 g/mol. The first-order valence-corrected chi connectivity index (χ1v) is 9.49. The van der Waals surface area contributed by atoms with Crippen molar-refractivity contribution >= 4 is 5.91 Å². The Balaban J connectivity index is 1.50. The van der Waals surface area contributed by atoms with Crippen LogP contribution in [0.3, 0.4) is 0 Å². The van der Waals surface area contributed by atoms with Crippen LogP contribution in [0.4, 0.5) is 0 Å². The maximum Gasteiger partial charge on any atom is 0.222 e. The number of benzene rings is 1. The zero-order valence-electron chi connectivity index (χ0n) is 15.0. The molecule has 1 aromatic rings. The van der Waals surface area contributed by atoms with Crippen LogP contribution in [0.25, 0.3) is 0 Å². The lowest BCUT2D eigenvalue weighted by Crippen LogP contribution is -2.53. The molecule has 1 aromatic carbocycles. The van der Waals surface area contributed by atoms with Crippen LogP contribution >= 0.6 is 0 Å². The summed E-state index contributed by atoms with van der Waals surface area (Å²) in [7, 11) is 0. The molecule has 25 heavy (non-hydrogen) atoms. The molecule has 5 nitrogen and oxygen atoms in total. The molecule has 1 atom stereocenters. The summed E-state index contributed by atoms with van der Waals surface area (Å²) in [6.45, 7) is 4.45. The first kappa shape index (κ1) is 18.4. The number of hydrogen-bond acceptors (Lipinski definition) is 4. The standard InChI is InChI=1S/C20H30N2O3/c23-19(10-6-9-18-7-2-1-3-8-18)22-13-14-25-17-20(24,16-22)15-21-11-4-5-12-21/h1-3,7-8,24H,4-6,9-17H2. The normalized spacial score (nSPS) is 25.1. The fourth-order valence-corrected chi connectivity index (χ4v) is 3.83. The highest BCUT2D eigenvalue weighted by Crippen LogP contribution is 2.19. The van der Waals surface area contributed by atoms with Crippen LogP contribution in [0.2, 0.25) is 0 Å². The van der Waals surface area contributed by atoms with Crippen LogP contribution in [-0.2, 0) is 16.0 Å². The van der Waals surface area contributed by atoms with Crippen LogP contribution in [0.1, 0.15) is 31.2 Å². The van der Waals surface area contributed by atoms with Gasteiger partial charge >= 0.3 is 0 Å². The van der Waals surface area contributed by atoms with Gasteiger partial charge in [-0.25, -0.2) is 0 Å². The van der Waals surface area contributed by atoms with Gasteiger partial charge in [-0.15, -0.1) is 0 Å². The third kappa shape index (κ3) is 5.53. The molecule has 2 heterocycles. The van der Waals surface area contributed by atoms with E-state index in [1.165, 1.54) is 18.4 Å². The zero-order chi connectivity index (χ0) is 17.5. The van der Waals surface area contributed by atoms with Gasteiger partial charge in [-0.1, -0.05) is 30.3 Å². The van der Waals surface area contributed by atoms with Gasteiger partial charge in [0.05, 0.1) is 19.8 Å². The van der Waals surface area contributed by atoms with E-state index in [9.17, 15) is 9.90 Å². The van der Waals surface area contributed by atoms with Gasteiger partial charge in [0.2, 0.25) is 5.91 Å². The number of ether oxygens (including phenoxy) is 1. The average molecular weight is 346 g/mol.